The molecule has 0 radical (unpaired) electrons. The smallest absolute Gasteiger partial charge is 0.252 e. The van der Waals surface area contributed by atoms with Gasteiger partial charge in [-0.3, -0.25) is 4.79 Å². The van der Waals surface area contributed by atoms with Gasteiger partial charge in [-0.2, -0.15) is 0 Å². The summed E-state index contributed by atoms with van der Waals surface area (Å²) < 4.78 is 0. The second-order valence-electron chi connectivity index (χ2n) is 6.90. The minimum atomic E-state index is 0.0612. The van der Waals surface area contributed by atoms with Crippen molar-refractivity contribution in [3.05, 3.63) is 65.7 Å². The number of thioether (sulfide) groups is 1. The third-order valence-corrected chi connectivity index (χ3v) is 5.77. The van der Waals surface area contributed by atoms with E-state index in [0.717, 1.165) is 49.4 Å². The van der Waals surface area contributed by atoms with Gasteiger partial charge in [0.05, 0.1) is 5.56 Å². The molecule has 3 nitrogen and oxygen atoms in total. The summed E-state index contributed by atoms with van der Waals surface area (Å²) in [6.45, 7) is 3.20. The average Bonchev–Trinajstić information content (AvgIpc) is 2.69. The predicted octanol–water partition coefficient (Wildman–Crippen LogP) is 4.24. The summed E-state index contributed by atoms with van der Waals surface area (Å²) in [5, 5.41) is 3.25. The number of likely N-dealkylation sites (tertiary alicyclic amines) is 1. The molecule has 0 bridgehead atoms. The van der Waals surface area contributed by atoms with Crippen LogP contribution in [0.25, 0.3) is 0 Å². The van der Waals surface area contributed by atoms with Crippen molar-refractivity contribution in [1.29, 1.82) is 0 Å². The van der Waals surface area contributed by atoms with Crippen LogP contribution in [-0.4, -0.2) is 42.7 Å². The maximum Gasteiger partial charge on any atom is 0.252 e. The molecule has 0 saturated carbocycles. The largest absolute Gasteiger partial charge is 0.348 e. The molecule has 0 spiro atoms. The summed E-state index contributed by atoms with van der Waals surface area (Å²) in [4.78, 5) is 16.2. The number of hydrogen-bond donors (Lipinski definition) is 1. The minimum absolute atomic E-state index is 0.0612. The fourth-order valence-electron chi connectivity index (χ4n) is 3.62. The molecule has 2 aromatic rings. The average molecular weight is 369 g/mol. The number of rotatable bonds is 7. The number of carbonyl (C=O) groups is 1. The normalized spacial score (nSPS) is 17.8. The summed E-state index contributed by atoms with van der Waals surface area (Å²) in [5.74, 6) is 0.0612. The van der Waals surface area contributed by atoms with Crippen LogP contribution in [0.2, 0.25) is 0 Å². The third kappa shape index (κ3) is 5.36. The van der Waals surface area contributed by atoms with Gasteiger partial charge in [-0.1, -0.05) is 42.5 Å². The van der Waals surface area contributed by atoms with Crippen LogP contribution in [0.15, 0.2) is 59.5 Å². The number of hydrogen-bond acceptors (Lipinski definition) is 3. The third-order valence-electron chi connectivity index (χ3n) is 4.97. The van der Waals surface area contributed by atoms with Gasteiger partial charge in [-0.15, -0.1) is 11.8 Å². The Balaban J connectivity index is 1.48. The number of aryl methyl sites for hydroxylation is 1. The minimum Gasteiger partial charge on any atom is -0.348 e. The SMILES string of the molecule is CSc1ccccc1C(=O)N[C@@H]1CCCN(CCCc2ccccc2)C1. The van der Waals surface area contributed by atoms with E-state index in [1.807, 2.05) is 30.5 Å². The zero-order chi connectivity index (χ0) is 18.2. The van der Waals surface area contributed by atoms with Gasteiger partial charge in [-0.05, 0) is 62.7 Å². The van der Waals surface area contributed by atoms with Crippen molar-refractivity contribution in [2.75, 3.05) is 25.9 Å². The van der Waals surface area contributed by atoms with E-state index in [2.05, 4.69) is 40.5 Å². The first-order chi connectivity index (χ1) is 12.8. The first-order valence-corrected chi connectivity index (χ1v) is 10.7. The lowest BCUT2D eigenvalue weighted by atomic mass is 10.0. The fourth-order valence-corrected chi connectivity index (χ4v) is 4.22. The number of nitrogens with zero attached hydrogens (tertiary/aromatic N) is 1. The summed E-state index contributed by atoms with van der Waals surface area (Å²) in [6, 6.07) is 18.8. The van der Waals surface area contributed by atoms with Crippen LogP contribution in [0.1, 0.15) is 35.2 Å². The highest BCUT2D eigenvalue weighted by molar-refractivity contribution is 7.98. The van der Waals surface area contributed by atoms with Crippen LogP contribution in [0.3, 0.4) is 0 Å². The lowest BCUT2D eigenvalue weighted by molar-refractivity contribution is 0.0900. The van der Waals surface area contributed by atoms with Crippen LogP contribution in [0.4, 0.5) is 0 Å². The van der Waals surface area contributed by atoms with Crippen LogP contribution in [-0.2, 0) is 6.42 Å². The van der Waals surface area contributed by atoms with Crippen LogP contribution in [0.5, 0.6) is 0 Å². The van der Waals surface area contributed by atoms with E-state index in [9.17, 15) is 4.79 Å². The molecule has 4 heteroatoms. The van der Waals surface area contributed by atoms with Crippen molar-refractivity contribution in [2.45, 2.75) is 36.6 Å². The highest BCUT2D eigenvalue weighted by Gasteiger charge is 2.22. The summed E-state index contributed by atoms with van der Waals surface area (Å²) in [6.07, 6.45) is 6.53. The summed E-state index contributed by atoms with van der Waals surface area (Å²) in [5.41, 5.74) is 2.20. The molecule has 1 aliphatic heterocycles. The highest BCUT2D eigenvalue weighted by Crippen LogP contribution is 2.20. The first kappa shape index (κ1) is 19.0. The molecule has 1 aliphatic rings. The molecule has 1 saturated heterocycles. The van der Waals surface area contributed by atoms with Crippen molar-refractivity contribution in [3.8, 4) is 0 Å². The van der Waals surface area contributed by atoms with Gasteiger partial charge in [0.25, 0.3) is 5.91 Å². The molecular weight excluding hydrogens is 340 g/mol. The van der Waals surface area contributed by atoms with Crippen molar-refractivity contribution >= 4 is 17.7 Å². The van der Waals surface area contributed by atoms with Crippen LogP contribution < -0.4 is 5.32 Å². The molecule has 138 valence electrons. The molecule has 1 amide bonds. The van der Waals surface area contributed by atoms with Gasteiger partial charge in [-0.25, -0.2) is 0 Å². The van der Waals surface area contributed by atoms with Gasteiger partial charge >= 0.3 is 0 Å². The molecular formula is C22H28N2OS. The second-order valence-corrected chi connectivity index (χ2v) is 7.75. The predicted molar refractivity (Wildman–Crippen MR) is 110 cm³/mol. The maximum atomic E-state index is 12.7. The Kier molecular flexibility index (Phi) is 7.15. The Morgan fingerprint density at radius 1 is 1.15 bits per heavy atom. The number of piperidine rings is 1. The van der Waals surface area contributed by atoms with E-state index in [4.69, 9.17) is 0 Å². The number of carbonyl (C=O) groups excluding carboxylic acids is 1. The Morgan fingerprint density at radius 3 is 2.73 bits per heavy atom. The van der Waals surface area contributed by atoms with Crippen molar-refractivity contribution in [2.24, 2.45) is 0 Å². The first-order valence-electron chi connectivity index (χ1n) is 9.46. The molecule has 26 heavy (non-hydrogen) atoms. The second kappa shape index (κ2) is 9.79. The van der Waals surface area contributed by atoms with Crippen molar-refractivity contribution in [3.63, 3.8) is 0 Å². The molecule has 2 aromatic carbocycles. The van der Waals surface area contributed by atoms with E-state index in [1.54, 1.807) is 11.8 Å². The Labute approximate surface area is 161 Å². The van der Waals surface area contributed by atoms with Gasteiger partial charge in [0.15, 0.2) is 0 Å². The van der Waals surface area contributed by atoms with Gasteiger partial charge in [0.1, 0.15) is 0 Å². The van der Waals surface area contributed by atoms with Gasteiger partial charge < -0.3 is 10.2 Å². The molecule has 3 rings (SSSR count). The zero-order valence-electron chi connectivity index (χ0n) is 15.5. The molecule has 1 N–H and O–H groups in total. The van der Waals surface area contributed by atoms with E-state index in [1.165, 1.54) is 12.0 Å². The molecule has 0 unspecified atom stereocenters. The Hall–Kier alpha value is -1.78. The summed E-state index contributed by atoms with van der Waals surface area (Å²) >= 11 is 1.62. The van der Waals surface area contributed by atoms with Crippen molar-refractivity contribution < 1.29 is 4.79 Å². The monoisotopic (exact) mass is 368 g/mol. The standard InChI is InChI=1S/C22H28N2OS/c1-26-21-14-6-5-13-20(21)22(25)23-19-12-8-16-24(17-19)15-7-11-18-9-3-2-4-10-18/h2-6,9-10,13-14,19H,7-8,11-12,15-17H2,1H3,(H,23,25)/t19-/m1/s1. The number of nitrogens with one attached hydrogen (secondary N) is 1. The van der Waals surface area contributed by atoms with E-state index in [0.29, 0.717) is 0 Å². The highest BCUT2D eigenvalue weighted by atomic mass is 32.2. The van der Waals surface area contributed by atoms with E-state index >= 15 is 0 Å². The van der Waals surface area contributed by atoms with Crippen LogP contribution >= 0.6 is 11.8 Å². The van der Waals surface area contributed by atoms with Gasteiger partial charge in [0, 0.05) is 17.5 Å². The van der Waals surface area contributed by atoms with E-state index in [-0.39, 0.29) is 11.9 Å². The van der Waals surface area contributed by atoms with E-state index < -0.39 is 0 Å². The molecule has 0 aliphatic carbocycles. The number of amides is 1. The molecule has 1 fully saturated rings. The van der Waals surface area contributed by atoms with Crippen molar-refractivity contribution in [1.82, 2.24) is 10.2 Å². The zero-order valence-corrected chi connectivity index (χ0v) is 16.3. The summed E-state index contributed by atoms with van der Waals surface area (Å²) in [7, 11) is 0. The Bertz CT molecular complexity index is 704. The lowest BCUT2D eigenvalue weighted by Gasteiger charge is -2.33. The Morgan fingerprint density at radius 2 is 1.92 bits per heavy atom. The molecule has 1 heterocycles. The van der Waals surface area contributed by atoms with Gasteiger partial charge in [0.2, 0.25) is 0 Å². The van der Waals surface area contributed by atoms with Crippen LogP contribution in [0, 0.1) is 0 Å². The number of benzene rings is 2. The fraction of sp³-hybridized carbons (Fsp3) is 0.409. The molecule has 0 aromatic heterocycles. The topological polar surface area (TPSA) is 32.3 Å². The maximum absolute atomic E-state index is 12.7. The molecule has 1 atom stereocenters. The quantitative estimate of drug-likeness (QED) is 0.742. The lowest BCUT2D eigenvalue weighted by Crippen LogP contribution is -2.48.